The zero-order valence-electron chi connectivity index (χ0n) is 14.5. The highest BCUT2D eigenvalue weighted by molar-refractivity contribution is 5.90. The maximum absolute atomic E-state index is 12.5. The summed E-state index contributed by atoms with van der Waals surface area (Å²) in [5.41, 5.74) is 1.38. The van der Waals surface area contributed by atoms with E-state index < -0.39 is 0 Å². The predicted octanol–water partition coefficient (Wildman–Crippen LogP) is 3.55. The molecular formula is C19H22N2O4. The van der Waals surface area contributed by atoms with Crippen LogP contribution in [0.15, 0.2) is 28.7 Å². The Bertz CT molecular complexity index is 764. The van der Waals surface area contributed by atoms with Crippen molar-refractivity contribution in [1.82, 2.24) is 10.2 Å². The highest BCUT2D eigenvalue weighted by Crippen LogP contribution is 2.58. The maximum Gasteiger partial charge on any atom is 0.338 e. The number of ether oxygens (including phenoxy) is 2. The number of hydrogen-bond donors (Lipinski definition) is 0. The molecule has 6 nitrogen and oxygen atoms in total. The summed E-state index contributed by atoms with van der Waals surface area (Å²) in [6.45, 7) is 4.47. The van der Waals surface area contributed by atoms with Gasteiger partial charge < -0.3 is 13.9 Å². The summed E-state index contributed by atoms with van der Waals surface area (Å²) in [4.78, 5) is 12.5. The molecule has 2 aromatic rings. The second-order valence-electron chi connectivity index (χ2n) is 6.86. The maximum atomic E-state index is 12.5. The van der Waals surface area contributed by atoms with E-state index in [2.05, 4.69) is 10.2 Å². The Morgan fingerprint density at radius 2 is 2.00 bits per heavy atom. The van der Waals surface area contributed by atoms with Crippen molar-refractivity contribution in [2.24, 2.45) is 5.41 Å². The third kappa shape index (κ3) is 2.74. The average molecular weight is 342 g/mol. The zero-order valence-corrected chi connectivity index (χ0v) is 14.5. The minimum Gasteiger partial charge on any atom is -0.458 e. The van der Waals surface area contributed by atoms with E-state index in [0.717, 1.165) is 24.8 Å². The van der Waals surface area contributed by atoms with Gasteiger partial charge in [-0.25, -0.2) is 4.79 Å². The fraction of sp³-hybridized carbons (Fsp3) is 0.526. The molecule has 132 valence electrons. The number of carbonyl (C=O) groups excluding carboxylic acids is 1. The molecule has 0 aliphatic heterocycles. The highest BCUT2D eigenvalue weighted by atomic mass is 16.6. The van der Waals surface area contributed by atoms with Crippen LogP contribution in [-0.2, 0) is 9.47 Å². The van der Waals surface area contributed by atoms with Crippen molar-refractivity contribution in [3.63, 3.8) is 0 Å². The number of nitrogens with zero attached hydrogens (tertiary/aromatic N) is 2. The van der Waals surface area contributed by atoms with Gasteiger partial charge in [0.25, 0.3) is 0 Å². The molecule has 2 saturated carbocycles. The van der Waals surface area contributed by atoms with Crippen molar-refractivity contribution in [3.8, 4) is 11.5 Å². The van der Waals surface area contributed by atoms with Crippen molar-refractivity contribution in [2.45, 2.75) is 51.7 Å². The smallest absolute Gasteiger partial charge is 0.338 e. The Balaban J connectivity index is 1.42. The molecule has 0 saturated heterocycles. The van der Waals surface area contributed by atoms with Gasteiger partial charge in [-0.15, -0.1) is 10.2 Å². The SMILES string of the molecule is CCOC1CC(OC(=O)c2ccc(-c3nnc(C)o3)cc2)C12CCC2. The fourth-order valence-corrected chi connectivity index (χ4v) is 3.90. The van der Waals surface area contributed by atoms with Crippen molar-refractivity contribution >= 4 is 5.97 Å². The van der Waals surface area contributed by atoms with E-state index in [0.29, 0.717) is 24.0 Å². The van der Waals surface area contributed by atoms with Crippen molar-refractivity contribution < 1.29 is 18.7 Å². The second kappa shape index (κ2) is 6.26. The minimum absolute atomic E-state index is 0.0245. The van der Waals surface area contributed by atoms with Gasteiger partial charge in [-0.2, -0.15) is 0 Å². The number of rotatable bonds is 5. The molecule has 6 heteroatoms. The molecular weight excluding hydrogens is 320 g/mol. The molecule has 0 amide bonds. The molecule has 25 heavy (non-hydrogen) atoms. The van der Waals surface area contributed by atoms with E-state index in [1.54, 1.807) is 31.2 Å². The molecule has 1 spiro atoms. The highest BCUT2D eigenvalue weighted by Gasteiger charge is 2.61. The van der Waals surface area contributed by atoms with E-state index in [1.807, 2.05) is 6.92 Å². The third-order valence-corrected chi connectivity index (χ3v) is 5.51. The monoisotopic (exact) mass is 342 g/mol. The van der Waals surface area contributed by atoms with Crippen molar-refractivity contribution in [2.75, 3.05) is 6.61 Å². The Labute approximate surface area is 146 Å². The Morgan fingerprint density at radius 3 is 2.56 bits per heavy atom. The molecule has 2 aliphatic carbocycles. The minimum atomic E-state index is -0.278. The molecule has 2 aliphatic rings. The summed E-state index contributed by atoms with van der Waals surface area (Å²) in [7, 11) is 0. The van der Waals surface area contributed by atoms with Gasteiger partial charge in [-0.05, 0) is 44.0 Å². The van der Waals surface area contributed by atoms with Crippen LogP contribution in [0.3, 0.4) is 0 Å². The molecule has 0 radical (unpaired) electrons. The van der Waals surface area contributed by atoms with E-state index >= 15 is 0 Å². The van der Waals surface area contributed by atoms with E-state index in [1.165, 1.54) is 6.42 Å². The number of aromatic nitrogens is 2. The zero-order chi connectivity index (χ0) is 17.4. The van der Waals surface area contributed by atoms with Crippen LogP contribution in [0, 0.1) is 12.3 Å². The summed E-state index contributed by atoms with van der Waals surface area (Å²) < 4.78 is 17.0. The van der Waals surface area contributed by atoms with E-state index in [-0.39, 0.29) is 23.6 Å². The van der Waals surface area contributed by atoms with Crippen LogP contribution in [0.5, 0.6) is 0 Å². The van der Waals surface area contributed by atoms with Gasteiger partial charge in [0.2, 0.25) is 11.8 Å². The lowest BCUT2D eigenvalue weighted by Crippen LogP contribution is -2.63. The molecule has 4 rings (SSSR count). The normalized spacial score (nSPS) is 23.8. The molecule has 2 atom stereocenters. The molecule has 1 aromatic heterocycles. The standard InChI is InChI=1S/C19H22N2O4/c1-3-23-15-11-16(19(15)9-4-10-19)25-18(22)14-7-5-13(6-8-14)17-21-20-12(2)24-17/h5-8,15-16H,3-4,9-11H2,1-2H3. The number of carbonyl (C=O) groups is 1. The molecule has 1 heterocycles. The Morgan fingerprint density at radius 1 is 1.24 bits per heavy atom. The summed E-state index contributed by atoms with van der Waals surface area (Å²) in [5, 5.41) is 7.79. The second-order valence-corrected chi connectivity index (χ2v) is 6.86. The van der Waals surface area contributed by atoms with Crippen molar-refractivity contribution in [1.29, 1.82) is 0 Å². The largest absolute Gasteiger partial charge is 0.458 e. The molecule has 0 bridgehead atoms. The van der Waals surface area contributed by atoms with Crippen LogP contribution in [-0.4, -0.2) is 35.0 Å². The van der Waals surface area contributed by atoms with Gasteiger partial charge in [0, 0.05) is 30.9 Å². The Hall–Kier alpha value is -2.21. The lowest BCUT2D eigenvalue weighted by atomic mass is 9.52. The molecule has 0 N–H and O–H groups in total. The van der Waals surface area contributed by atoms with Gasteiger partial charge in [-0.1, -0.05) is 6.42 Å². The molecule has 2 unspecified atom stereocenters. The number of benzene rings is 1. The van der Waals surface area contributed by atoms with Crippen LogP contribution in [0.25, 0.3) is 11.5 Å². The predicted molar refractivity (Wildman–Crippen MR) is 90.0 cm³/mol. The summed E-state index contributed by atoms with van der Waals surface area (Å²) in [6.07, 6.45) is 4.39. The Kier molecular flexibility index (Phi) is 4.07. The van der Waals surface area contributed by atoms with Gasteiger partial charge in [0.05, 0.1) is 11.7 Å². The van der Waals surface area contributed by atoms with Crippen LogP contribution >= 0.6 is 0 Å². The first-order chi connectivity index (χ1) is 12.1. The summed E-state index contributed by atoms with van der Waals surface area (Å²) >= 11 is 0. The summed E-state index contributed by atoms with van der Waals surface area (Å²) in [6, 6.07) is 7.07. The van der Waals surface area contributed by atoms with Crippen LogP contribution < -0.4 is 0 Å². The molecule has 1 aromatic carbocycles. The molecule has 2 fully saturated rings. The van der Waals surface area contributed by atoms with Gasteiger partial charge in [0.1, 0.15) is 6.10 Å². The average Bonchev–Trinajstić information content (AvgIpc) is 2.99. The van der Waals surface area contributed by atoms with Crippen LogP contribution in [0.2, 0.25) is 0 Å². The number of aryl methyl sites for hydroxylation is 1. The number of esters is 1. The van der Waals surface area contributed by atoms with E-state index in [9.17, 15) is 4.79 Å². The number of hydrogen-bond acceptors (Lipinski definition) is 6. The van der Waals surface area contributed by atoms with Gasteiger partial charge in [-0.3, -0.25) is 0 Å². The summed E-state index contributed by atoms with van der Waals surface area (Å²) in [5.74, 6) is 0.682. The van der Waals surface area contributed by atoms with E-state index in [4.69, 9.17) is 13.9 Å². The lowest BCUT2D eigenvalue weighted by molar-refractivity contribution is -0.224. The van der Waals surface area contributed by atoms with Gasteiger partial charge in [0.15, 0.2) is 0 Å². The van der Waals surface area contributed by atoms with Crippen LogP contribution in [0.1, 0.15) is 48.9 Å². The quantitative estimate of drug-likeness (QED) is 0.774. The first-order valence-corrected chi connectivity index (χ1v) is 8.85. The fourth-order valence-electron chi connectivity index (χ4n) is 3.90. The first-order valence-electron chi connectivity index (χ1n) is 8.85. The van der Waals surface area contributed by atoms with Crippen molar-refractivity contribution in [3.05, 3.63) is 35.7 Å². The lowest BCUT2D eigenvalue weighted by Gasteiger charge is -2.59. The topological polar surface area (TPSA) is 74.5 Å². The van der Waals surface area contributed by atoms with Crippen LogP contribution in [0.4, 0.5) is 0 Å². The first kappa shape index (κ1) is 16.3. The van der Waals surface area contributed by atoms with Gasteiger partial charge >= 0.3 is 5.97 Å². The third-order valence-electron chi connectivity index (χ3n) is 5.51.